The fraction of sp³-hybridized carbons (Fsp3) is 0.333. The summed E-state index contributed by atoms with van der Waals surface area (Å²) in [6.07, 6.45) is 0. The Hall–Kier alpha value is -2.29. The molecule has 7 nitrogen and oxygen atoms in total. The smallest absolute Gasteiger partial charge is 0.273 e. The maximum absolute atomic E-state index is 12.8. The van der Waals surface area contributed by atoms with Gasteiger partial charge in [-0.2, -0.15) is 4.31 Å². The third-order valence-electron chi connectivity index (χ3n) is 4.74. The molecule has 8 heteroatoms. The van der Waals surface area contributed by atoms with Crippen LogP contribution in [0.3, 0.4) is 0 Å². The summed E-state index contributed by atoms with van der Waals surface area (Å²) >= 11 is 0. The lowest BCUT2D eigenvalue weighted by Crippen LogP contribution is -3.13. The molecule has 1 saturated heterocycles. The highest BCUT2D eigenvalue weighted by atomic mass is 32.2. The van der Waals surface area contributed by atoms with Crippen molar-refractivity contribution < 1.29 is 18.2 Å². The molecule has 1 aliphatic heterocycles. The Labute approximate surface area is 153 Å². The highest BCUT2D eigenvalue weighted by Crippen LogP contribution is 2.24. The monoisotopic (exact) mass is 376 g/mol. The molecule has 3 rings (SSSR count). The molecule has 1 N–H and O–H groups in total. The molecule has 0 saturated carbocycles. The molecule has 138 valence electrons. The van der Waals surface area contributed by atoms with Crippen LogP contribution in [-0.2, 0) is 16.6 Å². The fourth-order valence-electron chi connectivity index (χ4n) is 3.20. The summed E-state index contributed by atoms with van der Waals surface area (Å²) in [6, 6.07) is 14.2. The molecule has 0 spiro atoms. The second kappa shape index (κ2) is 7.53. The van der Waals surface area contributed by atoms with E-state index in [0.717, 1.165) is 12.6 Å². The van der Waals surface area contributed by atoms with Crippen molar-refractivity contribution in [3.8, 4) is 0 Å². The van der Waals surface area contributed by atoms with Crippen LogP contribution in [0.25, 0.3) is 0 Å². The Morgan fingerprint density at radius 2 is 1.77 bits per heavy atom. The van der Waals surface area contributed by atoms with E-state index in [-0.39, 0.29) is 10.6 Å². The van der Waals surface area contributed by atoms with Crippen molar-refractivity contribution in [1.29, 1.82) is 0 Å². The molecule has 1 fully saturated rings. The van der Waals surface area contributed by atoms with Crippen LogP contribution in [0.2, 0.25) is 0 Å². The molecule has 1 heterocycles. The normalized spacial score (nSPS) is 16.5. The van der Waals surface area contributed by atoms with E-state index in [0.29, 0.717) is 31.7 Å². The van der Waals surface area contributed by atoms with Crippen molar-refractivity contribution in [2.24, 2.45) is 0 Å². The Morgan fingerprint density at radius 1 is 1.12 bits per heavy atom. The number of nitrogens with one attached hydrogen (secondary N) is 1. The number of hydrogen-bond donors (Lipinski definition) is 1. The SMILES string of the molecule is Cc1ccc(S(=O)(=O)N2CC[NH+](Cc3ccccc3)CC2)cc1[N+](=O)[O-]. The lowest BCUT2D eigenvalue weighted by Gasteiger charge is -2.31. The van der Waals surface area contributed by atoms with E-state index in [1.807, 2.05) is 18.2 Å². The molecule has 1 aliphatic rings. The molecule has 26 heavy (non-hydrogen) atoms. The quantitative estimate of drug-likeness (QED) is 0.623. The van der Waals surface area contributed by atoms with Crippen LogP contribution in [-0.4, -0.2) is 43.8 Å². The van der Waals surface area contributed by atoms with Crippen molar-refractivity contribution in [1.82, 2.24) is 4.31 Å². The Morgan fingerprint density at radius 3 is 2.38 bits per heavy atom. The predicted octanol–water partition coefficient (Wildman–Crippen LogP) is 0.993. The molecule has 0 atom stereocenters. The minimum absolute atomic E-state index is 0.0127. The molecular formula is C18H22N3O4S+. The van der Waals surface area contributed by atoms with Crippen LogP contribution in [0.15, 0.2) is 53.4 Å². The van der Waals surface area contributed by atoms with E-state index >= 15 is 0 Å². The molecule has 2 aromatic rings. The fourth-order valence-corrected chi connectivity index (χ4v) is 4.66. The van der Waals surface area contributed by atoms with Crippen LogP contribution in [0.4, 0.5) is 5.69 Å². The van der Waals surface area contributed by atoms with Crippen LogP contribution in [0, 0.1) is 17.0 Å². The largest absolute Gasteiger partial charge is 0.329 e. The van der Waals surface area contributed by atoms with Gasteiger partial charge in [-0.1, -0.05) is 36.4 Å². The second-order valence-corrected chi connectivity index (χ2v) is 8.46. The summed E-state index contributed by atoms with van der Waals surface area (Å²) in [4.78, 5) is 11.9. The topological polar surface area (TPSA) is 85.0 Å². The number of nitrogens with zero attached hydrogens (tertiary/aromatic N) is 2. The summed E-state index contributed by atoms with van der Waals surface area (Å²) < 4.78 is 27.1. The minimum Gasteiger partial charge on any atom is -0.329 e. The maximum atomic E-state index is 12.8. The number of piperazine rings is 1. The minimum atomic E-state index is -3.72. The van der Waals surface area contributed by atoms with Gasteiger partial charge in [0.25, 0.3) is 5.69 Å². The molecular weight excluding hydrogens is 354 g/mol. The third-order valence-corrected chi connectivity index (χ3v) is 6.64. The maximum Gasteiger partial charge on any atom is 0.273 e. The number of aryl methyl sites for hydroxylation is 1. The summed E-state index contributed by atoms with van der Waals surface area (Å²) in [7, 11) is -3.72. The first-order chi connectivity index (χ1) is 12.4. The van der Waals surface area contributed by atoms with Crippen LogP contribution < -0.4 is 4.90 Å². The van der Waals surface area contributed by atoms with Gasteiger partial charge in [0.2, 0.25) is 10.0 Å². The van der Waals surface area contributed by atoms with E-state index in [9.17, 15) is 18.5 Å². The molecule has 0 unspecified atom stereocenters. The number of nitro groups is 1. The summed E-state index contributed by atoms with van der Waals surface area (Å²) in [5.74, 6) is 0. The van der Waals surface area contributed by atoms with Crippen molar-refractivity contribution in [3.05, 3.63) is 69.8 Å². The van der Waals surface area contributed by atoms with Crippen molar-refractivity contribution in [2.75, 3.05) is 26.2 Å². The number of sulfonamides is 1. The van der Waals surface area contributed by atoms with Gasteiger partial charge in [-0.05, 0) is 13.0 Å². The average molecular weight is 376 g/mol. The summed E-state index contributed by atoms with van der Waals surface area (Å²) in [5, 5.41) is 11.1. The number of quaternary nitrogens is 1. The Kier molecular flexibility index (Phi) is 5.36. The Balaban J connectivity index is 1.70. The molecule has 0 aliphatic carbocycles. The number of nitro benzene ring substituents is 1. The molecule has 0 bridgehead atoms. The first-order valence-corrected chi connectivity index (χ1v) is 9.94. The first-order valence-electron chi connectivity index (χ1n) is 8.50. The lowest BCUT2D eigenvalue weighted by molar-refractivity contribution is -0.917. The molecule has 0 amide bonds. The zero-order chi connectivity index (χ0) is 18.7. The summed E-state index contributed by atoms with van der Waals surface area (Å²) in [5.41, 5.74) is 1.51. The predicted molar refractivity (Wildman–Crippen MR) is 97.4 cm³/mol. The highest BCUT2D eigenvalue weighted by Gasteiger charge is 2.31. The zero-order valence-corrected chi connectivity index (χ0v) is 15.4. The van der Waals surface area contributed by atoms with E-state index in [2.05, 4.69) is 12.1 Å². The standard InChI is InChI=1S/C18H21N3O4S/c1-15-7-8-17(13-18(15)21(22)23)26(24,25)20-11-9-19(10-12-20)14-16-5-3-2-4-6-16/h2-8,13H,9-12,14H2,1H3/p+1. The van der Waals surface area contributed by atoms with Gasteiger partial charge in [-0.25, -0.2) is 8.42 Å². The Bertz CT molecular complexity index is 892. The van der Waals surface area contributed by atoms with E-state index in [1.54, 1.807) is 6.92 Å². The van der Waals surface area contributed by atoms with Crippen LogP contribution in [0.1, 0.15) is 11.1 Å². The van der Waals surface area contributed by atoms with Gasteiger partial charge < -0.3 is 4.90 Å². The number of rotatable bonds is 5. The molecule has 2 aromatic carbocycles. The zero-order valence-electron chi connectivity index (χ0n) is 14.6. The van der Waals surface area contributed by atoms with Gasteiger partial charge in [-0.3, -0.25) is 10.1 Å². The van der Waals surface area contributed by atoms with Gasteiger partial charge in [-0.15, -0.1) is 0 Å². The van der Waals surface area contributed by atoms with Gasteiger partial charge in [0, 0.05) is 17.2 Å². The lowest BCUT2D eigenvalue weighted by atomic mass is 10.2. The third kappa shape index (κ3) is 3.92. The number of hydrogen-bond acceptors (Lipinski definition) is 4. The van der Waals surface area contributed by atoms with Crippen molar-refractivity contribution >= 4 is 15.7 Å². The average Bonchev–Trinajstić information content (AvgIpc) is 2.63. The van der Waals surface area contributed by atoms with Gasteiger partial charge >= 0.3 is 0 Å². The van der Waals surface area contributed by atoms with Crippen LogP contribution >= 0.6 is 0 Å². The molecule has 0 aromatic heterocycles. The highest BCUT2D eigenvalue weighted by molar-refractivity contribution is 7.89. The number of benzene rings is 2. The molecule has 0 radical (unpaired) electrons. The second-order valence-electron chi connectivity index (χ2n) is 6.52. The van der Waals surface area contributed by atoms with Crippen LogP contribution in [0.5, 0.6) is 0 Å². The van der Waals surface area contributed by atoms with Gasteiger partial charge in [0.05, 0.1) is 36.0 Å². The van der Waals surface area contributed by atoms with Crippen molar-refractivity contribution in [2.45, 2.75) is 18.4 Å². The summed E-state index contributed by atoms with van der Waals surface area (Å²) in [6.45, 7) is 4.70. The van der Waals surface area contributed by atoms with E-state index in [4.69, 9.17) is 0 Å². The van der Waals surface area contributed by atoms with Gasteiger partial charge in [0.1, 0.15) is 6.54 Å². The van der Waals surface area contributed by atoms with Gasteiger partial charge in [0.15, 0.2) is 0 Å². The first kappa shape index (κ1) is 18.5. The van der Waals surface area contributed by atoms with E-state index < -0.39 is 14.9 Å². The van der Waals surface area contributed by atoms with E-state index in [1.165, 1.54) is 26.9 Å². The van der Waals surface area contributed by atoms with Crippen molar-refractivity contribution in [3.63, 3.8) is 0 Å².